The number of nitrogens with zero attached hydrogens (tertiary/aromatic N) is 1. The largest absolute Gasteiger partial charge is 0.450 e. The molecule has 0 bridgehead atoms. The number of carbonyl (C=O) groups excluding carboxylic acids is 3. The number of piperidine rings is 1. The van der Waals surface area contributed by atoms with Crippen LogP contribution in [-0.4, -0.2) is 79.4 Å². The van der Waals surface area contributed by atoms with Crippen molar-refractivity contribution >= 4 is 17.9 Å². The summed E-state index contributed by atoms with van der Waals surface area (Å²) >= 11 is 0. The first-order valence-electron chi connectivity index (χ1n) is 16.6. The molecule has 1 unspecified atom stereocenters. The van der Waals surface area contributed by atoms with Crippen molar-refractivity contribution in [1.82, 2.24) is 20.9 Å². The van der Waals surface area contributed by atoms with Crippen molar-refractivity contribution in [3.05, 3.63) is 71.8 Å². The molecular weight excluding hydrogens is 568 g/mol. The summed E-state index contributed by atoms with van der Waals surface area (Å²) in [5.41, 5.74) is 1.90. The third-order valence-electron chi connectivity index (χ3n) is 8.67. The summed E-state index contributed by atoms with van der Waals surface area (Å²) in [7, 11) is 1.95. The van der Waals surface area contributed by atoms with E-state index in [1.807, 2.05) is 93.4 Å². The standard InChI is InChI=1S/C36H54N4O5/c1-5-6-21-45-36(44)38-31(23-28-15-11-8-12-16-28)32(41)24-30(22-27-13-9-7-10-14-27)34(42)39-33(26(2)3)35(43)40-19-17-29(18-20-40)25-37-4/h7-16,26,29-33,37,41H,5-6,17-25H2,1-4H3,(H,38,44)(H,39,42)/t30?,31-,32+,33-/m0/s1. The topological polar surface area (TPSA) is 120 Å². The lowest BCUT2D eigenvalue weighted by Crippen LogP contribution is -2.55. The highest BCUT2D eigenvalue weighted by Crippen LogP contribution is 2.22. The Bertz CT molecular complexity index is 1150. The molecule has 1 saturated heterocycles. The first-order valence-corrected chi connectivity index (χ1v) is 16.6. The van der Waals surface area contributed by atoms with Crippen LogP contribution in [0.2, 0.25) is 0 Å². The minimum Gasteiger partial charge on any atom is -0.450 e. The van der Waals surface area contributed by atoms with Gasteiger partial charge >= 0.3 is 6.09 Å². The van der Waals surface area contributed by atoms with E-state index in [2.05, 4.69) is 16.0 Å². The molecule has 0 radical (unpaired) electrons. The minimum atomic E-state index is -1.04. The number of nitrogens with one attached hydrogen (secondary N) is 3. The smallest absolute Gasteiger partial charge is 0.407 e. The van der Waals surface area contributed by atoms with E-state index in [4.69, 9.17) is 4.74 Å². The highest BCUT2D eigenvalue weighted by molar-refractivity contribution is 5.89. The summed E-state index contributed by atoms with van der Waals surface area (Å²) < 4.78 is 5.35. The molecule has 0 spiro atoms. The molecule has 0 aromatic heterocycles. The number of unbranched alkanes of at least 4 members (excludes halogenated alkanes) is 1. The Balaban J connectivity index is 1.77. The highest BCUT2D eigenvalue weighted by atomic mass is 16.5. The van der Waals surface area contributed by atoms with Gasteiger partial charge in [0, 0.05) is 19.0 Å². The van der Waals surface area contributed by atoms with Crippen LogP contribution < -0.4 is 16.0 Å². The average Bonchev–Trinajstić information content (AvgIpc) is 3.04. The third-order valence-corrected chi connectivity index (χ3v) is 8.67. The third kappa shape index (κ3) is 12.1. The maximum Gasteiger partial charge on any atom is 0.407 e. The van der Waals surface area contributed by atoms with E-state index in [0.717, 1.165) is 43.4 Å². The van der Waals surface area contributed by atoms with Crippen LogP contribution in [0.25, 0.3) is 0 Å². The maximum absolute atomic E-state index is 14.0. The van der Waals surface area contributed by atoms with Crippen LogP contribution in [-0.2, 0) is 27.2 Å². The van der Waals surface area contributed by atoms with E-state index in [9.17, 15) is 19.5 Å². The summed E-state index contributed by atoms with van der Waals surface area (Å²) in [6.45, 7) is 8.50. The molecule has 4 N–H and O–H groups in total. The Morgan fingerprint density at radius 3 is 2.09 bits per heavy atom. The Morgan fingerprint density at radius 2 is 1.53 bits per heavy atom. The van der Waals surface area contributed by atoms with Gasteiger partial charge in [0.15, 0.2) is 0 Å². The SMILES string of the molecule is CCCCOC(=O)N[C@@H](Cc1ccccc1)[C@H](O)CC(Cc1ccccc1)C(=O)N[C@H](C(=O)N1CCC(CNC)CC1)C(C)C. The summed E-state index contributed by atoms with van der Waals surface area (Å²) in [5, 5.41) is 20.7. The number of likely N-dealkylation sites (tertiary alicyclic amines) is 1. The van der Waals surface area contributed by atoms with Gasteiger partial charge in [-0.25, -0.2) is 4.79 Å². The molecule has 248 valence electrons. The van der Waals surface area contributed by atoms with E-state index in [-0.39, 0.29) is 24.2 Å². The number of hydrogen-bond acceptors (Lipinski definition) is 6. The molecule has 1 aliphatic rings. The normalized spacial score (nSPS) is 16.4. The van der Waals surface area contributed by atoms with Crippen molar-refractivity contribution in [1.29, 1.82) is 0 Å². The fraction of sp³-hybridized carbons (Fsp3) is 0.583. The minimum absolute atomic E-state index is 0.0567. The highest BCUT2D eigenvalue weighted by Gasteiger charge is 2.34. The zero-order valence-corrected chi connectivity index (χ0v) is 27.5. The number of aliphatic hydroxyl groups excluding tert-OH is 1. The first-order chi connectivity index (χ1) is 21.7. The molecule has 1 fully saturated rings. The molecule has 45 heavy (non-hydrogen) atoms. The summed E-state index contributed by atoms with van der Waals surface area (Å²) in [6.07, 6.45) is 2.76. The number of hydrogen-bond donors (Lipinski definition) is 4. The van der Waals surface area contributed by atoms with E-state index in [1.54, 1.807) is 0 Å². The number of carbonyl (C=O) groups is 3. The van der Waals surface area contributed by atoms with Crippen LogP contribution >= 0.6 is 0 Å². The van der Waals surface area contributed by atoms with Crippen LogP contribution in [0.4, 0.5) is 4.79 Å². The second-order valence-corrected chi connectivity index (χ2v) is 12.7. The van der Waals surface area contributed by atoms with Crippen LogP contribution in [0.5, 0.6) is 0 Å². The lowest BCUT2D eigenvalue weighted by molar-refractivity contribution is -0.140. The Labute approximate surface area is 269 Å². The van der Waals surface area contributed by atoms with Crippen molar-refractivity contribution in [2.24, 2.45) is 17.8 Å². The van der Waals surface area contributed by atoms with Crippen LogP contribution in [0.1, 0.15) is 64.0 Å². The molecule has 9 heteroatoms. The number of rotatable bonds is 17. The Morgan fingerprint density at radius 1 is 0.933 bits per heavy atom. The first kappa shape index (κ1) is 36.0. The molecule has 1 heterocycles. The van der Waals surface area contributed by atoms with Crippen molar-refractivity contribution in [2.45, 2.75) is 83.9 Å². The Hall–Kier alpha value is -3.43. The van der Waals surface area contributed by atoms with Gasteiger partial charge in [0.05, 0.1) is 18.8 Å². The fourth-order valence-corrected chi connectivity index (χ4v) is 5.92. The van der Waals surface area contributed by atoms with Gasteiger partial charge in [-0.1, -0.05) is 87.9 Å². The van der Waals surface area contributed by atoms with E-state index >= 15 is 0 Å². The summed E-state index contributed by atoms with van der Waals surface area (Å²) in [5.74, 6) is -0.528. The summed E-state index contributed by atoms with van der Waals surface area (Å²) in [4.78, 5) is 42.2. The summed E-state index contributed by atoms with van der Waals surface area (Å²) in [6, 6.07) is 18.0. The van der Waals surface area contributed by atoms with Crippen LogP contribution in [0, 0.1) is 17.8 Å². The number of benzene rings is 2. The van der Waals surface area contributed by atoms with Gasteiger partial charge in [-0.05, 0) is 75.1 Å². The number of aliphatic hydroxyl groups is 1. The molecule has 9 nitrogen and oxygen atoms in total. The lowest BCUT2D eigenvalue weighted by Gasteiger charge is -2.36. The average molecular weight is 623 g/mol. The zero-order valence-electron chi connectivity index (χ0n) is 27.5. The second-order valence-electron chi connectivity index (χ2n) is 12.7. The van der Waals surface area contributed by atoms with Crippen molar-refractivity contribution in [3.63, 3.8) is 0 Å². The monoisotopic (exact) mass is 622 g/mol. The molecule has 4 atom stereocenters. The van der Waals surface area contributed by atoms with Crippen molar-refractivity contribution < 1.29 is 24.2 Å². The molecule has 3 rings (SSSR count). The zero-order chi connectivity index (χ0) is 32.6. The molecule has 3 amide bonds. The van der Waals surface area contributed by atoms with E-state index < -0.39 is 30.2 Å². The van der Waals surface area contributed by atoms with Gasteiger partial charge in [0.1, 0.15) is 6.04 Å². The number of alkyl carbamates (subject to hydrolysis) is 1. The molecule has 0 aliphatic carbocycles. The van der Waals surface area contributed by atoms with Crippen LogP contribution in [0.3, 0.4) is 0 Å². The molecule has 0 saturated carbocycles. The Kier molecular flexibility index (Phi) is 15.4. The van der Waals surface area contributed by atoms with E-state index in [0.29, 0.717) is 38.5 Å². The van der Waals surface area contributed by atoms with E-state index in [1.165, 1.54) is 0 Å². The molecule has 2 aromatic rings. The predicted molar refractivity (Wildman–Crippen MR) is 178 cm³/mol. The van der Waals surface area contributed by atoms with Gasteiger partial charge in [-0.3, -0.25) is 9.59 Å². The maximum atomic E-state index is 14.0. The molecule has 1 aliphatic heterocycles. The van der Waals surface area contributed by atoms with Crippen molar-refractivity contribution in [2.75, 3.05) is 33.3 Å². The van der Waals surface area contributed by atoms with Gasteiger partial charge in [0.2, 0.25) is 11.8 Å². The quantitative estimate of drug-likeness (QED) is 0.195. The molecule has 2 aromatic carbocycles. The second kappa shape index (κ2) is 19.2. The number of ether oxygens (including phenoxy) is 1. The fourth-order valence-electron chi connectivity index (χ4n) is 5.92. The van der Waals surface area contributed by atoms with Gasteiger partial charge in [0.25, 0.3) is 0 Å². The molecular formula is C36H54N4O5. The van der Waals surface area contributed by atoms with Gasteiger partial charge in [-0.2, -0.15) is 0 Å². The number of amides is 3. The van der Waals surface area contributed by atoms with Gasteiger partial charge in [-0.15, -0.1) is 0 Å². The van der Waals surface area contributed by atoms with Crippen molar-refractivity contribution in [3.8, 4) is 0 Å². The lowest BCUT2D eigenvalue weighted by atomic mass is 9.88. The predicted octanol–water partition coefficient (Wildman–Crippen LogP) is 4.33. The van der Waals surface area contributed by atoms with Crippen LogP contribution in [0.15, 0.2) is 60.7 Å². The van der Waals surface area contributed by atoms with Gasteiger partial charge < -0.3 is 30.7 Å².